The third-order valence-electron chi connectivity index (χ3n) is 5.86. The van der Waals surface area contributed by atoms with Gasteiger partial charge in [-0.3, -0.25) is 14.6 Å². The Morgan fingerprint density at radius 2 is 2.15 bits per heavy atom. The number of carbonyl (C=O) groups excluding carboxylic acids is 1. The number of methoxy groups -OCH3 is 2. The first kappa shape index (κ1) is 23.4. The van der Waals surface area contributed by atoms with E-state index in [0.717, 1.165) is 23.4 Å². The highest BCUT2D eigenvalue weighted by atomic mass is 32.2. The lowest BCUT2D eigenvalue weighted by atomic mass is 9.94. The maximum Gasteiger partial charge on any atom is 0.343 e. The zero-order valence-electron chi connectivity index (χ0n) is 19.5. The minimum Gasteiger partial charge on any atom is -0.493 e. The third kappa shape index (κ3) is 4.67. The molecule has 1 fully saturated rings. The fourth-order valence-corrected chi connectivity index (χ4v) is 5.48. The molecule has 2 aromatic rings. The lowest BCUT2D eigenvalue weighted by Gasteiger charge is -2.36. The topological polar surface area (TPSA) is 104 Å². The molecule has 10 heteroatoms. The molecule has 33 heavy (non-hydrogen) atoms. The van der Waals surface area contributed by atoms with Crippen molar-refractivity contribution in [3.63, 3.8) is 0 Å². The third-order valence-corrected chi connectivity index (χ3v) is 7.02. The van der Waals surface area contributed by atoms with Crippen molar-refractivity contribution in [2.45, 2.75) is 50.5 Å². The number of benzene rings is 1. The van der Waals surface area contributed by atoms with Gasteiger partial charge in [0, 0.05) is 12.2 Å². The van der Waals surface area contributed by atoms with Crippen molar-refractivity contribution >= 4 is 28.6 Å². The molecule has 0 radical (unpaired) electrons. The average Bonchev–Trinajstić information content (AvgIpc) is 3.12. The van der Waals surface area contributed by atoms with Gasteiger partial charge in [0.25, 0.3) is 5.56 Å². The number of ether oxygens (including phenoxy) is 4. The molecule has 2 atom stereocenters. The smallest absolute Gasteiger partial charge is 0.343 e. The number of aromatic nitrogens is 2. The van der Waals surface area contributed by atoms with Crippen molar-refractivity contribution in [3.05, 3.63) is 39.7 Å². The van der Waals surface area contributed by atoms with Gasteiger partial charge in [0.1, 0.15) is 0 Å². The number of carbonyl (C=O) groups is 1. The Balaban J connectivity index is 1.79. The van der Waals surface area contributed by atoms with Gasteiger partial charge in [-0.2, -0.15) is 0 Å². The molecule has 1 aromatic carbocycles. The fourth-order valence-electron chi connectivity index (χ4n) is 4.36. The molecule has 0 bridgehead atoms. The van der Waals surface area contributed by atoms with Crippen LogP contribution in [0.5, 0.6) is 11.5 Å². The molecule has 3 heterocycles. The van der Waals surface area contributed by atoms with E-state index in [2.05, 4.69) is 18.9 Å². The largest absolute Gasteiger partial charge is 0.493 e. The Hall–Kier alpha value is -2.72. The molecule has 178 valence electrons. The molecule has 0 spiro atoms. The number of thioether (sulfide) groups is 1. The van der Waals surface area contributed by atoms with E-state index in [1.807, 2.05) is 23.7 Å². The van der Waals surface area contributed by atoms with Crippen LogP contribution in [0.4, 0.5) is 5.82 Å². The van der Waals surface area contributed by atoms with Crippen molar-refractivity contribution in [3.8, 4) is 11.5 Å². The number of aromatic amines is 1. The molecule has 9 nitrogen and oxygen atoms in total. The van der Waals surface area contributed by atoms with Crippen LogP contribution < -0.4 is 15.0 Å². The van der Waals surface area contributed by atoms with Crippen molar-refractivity contribution < 1.29 is 23.7 Å². The number of fused-ring (bicyclic) bond motifs is 1. The van der Waals surface area contributed by atoms with E-state index >= 15 is 0 Å². The van der Waals surface area contributed by atoms with Crippen LogP contribution in [-0.4, -0.2) is 53.8 Å². The molecule has 2 aliphatic rings. The zero-order valence-corrected chi connectivity index (χ0v) is 20.3. The predicted molar refractivity (Wildman–Crippen MR) is 126 cm³/mol. The minimum atomic E-state index is -0.507. The van der Waals surface area contributed by atoms with Crippen LogP contribution in [0.2, 0.25) is 0 Å². The van der Waals surface area contributed by atoms with Crippen LogP contribution in [0.25, 0.3) is 0 Å². The van der Waals surface area contributed by atoms with Gasteiger partial charge in [0.2, 0.25) is 0 Å². The van der Waals surface area contributed by atoms with Gasteiger partial charge in [-0.1, -0.05) is 23.9 Å². The number of H-pyrrole nitrogens is 1. The van der Waals surface area contributed by atoms with Gasteiger partial charge in [-0.15, -0.1) is 0 Å². The summed E-state index contributed by atoms with van der Waals surface area (Å²) < 4.78 is 23.8. The lowest BCUT2D eigenvalue weighted by Crippen LogP contribution is -2.35. The summed E-state index contributed by atoms with van der Waals surface area (Å²) in [6.45, 7) is 6.39. The van der Waals surface area contributed by atoms with E-state index in [1.165, 1.54) is 26.0 Å². The van der Waals surface area contributed by atoms with E-state index in [9.17, 15) is 9.59 Å². The van der Waals surface area contributed by atoms with Crippen LogP contribution in [0.15, 0.2) is 28.0 Å². The predicted octanol–water partition coefficient (Wildman–Crippen LogP) is 3.75. The second-order valence-corrected chi connectivity index (χ2v) is 9.97. The summed E-state index contributed by atoms with van der Waals surface area (Å²) in [6, 6.07) is 5.55. The highest BCUT2D eigenvalue weighted by Gasteiger charge is 2.37. The zero-order chi connectivity index (χ0) is 23.8. The van der Waals surface area contributed by atoms with Crippen molar-refractivity contribution in [2.75, 3.05) is 27.4 Å². The highest BCUT2D eigenvalue weighted by molar-refractivity contribution is 8.14. The summed E-state index contributed by atoms with van der Waals surface area (Å²) in [5.41, 5.74) is 0.824. The number of hydrogen-bond acceptors (Lipinski definition) is 8. The summed E-state index contributed by atoms with van der Waals surface area (Å²) in [7, 11) is 2.84. The molecule has 1 saturated heterocycles. The molecule has 2 aliphatic heterocycles. The van der Waals surface area contributed by atoms with Crippen LogP contribution in [-0.2, 0) is 14.3 Å². The molecule has 0 unspecified atom stereocenters. The van der Waals surface area contributed by atoms with E-state index in [4.69, 9.17) is 23.9 Å². The number of rotatable bonds is 6. The Bertz CT molecular complexity index is 1140. The van der Waals surface area contributed by atoms with E-state index in [1.54, 1.807) is 6.07 Å². The number of esters is 1. The summed E-state index contributed by atoms with van der Waals surface area (Å²) in [4.78, 5) is 29.7. The summed E-state index contributed by atoms with van der Waals surface area (Å²) in [6.07, 6.45) is 1.56. The van der Waals surface area contributed by atoms with Gasteiger partial charge in [0.15, 0.2) is 23.9 Å². The lowest BCUT2D eigenvalue weighted by molar-refractivity contribution is -0.142. The highest BCUT2D eigenvalue weighted by Crippen LogP contribution is 2.49. The van der Waals surface area contributed by atoms with Gasteiger partial charge >= 0.3 is 5.97 Å². The van der Waals surface area contributed by atoms with Crippen LogP contribution >= 0.6 is 11.8 Å². The first-order valence-corrected chi connectivity index (χ1v) is 11.7. The molecule has 1 aromatic heterocycles. The Morgan fingerprint density at radius 3 is 2.85 bits per heavy atom. The molecule has 4 rings (SSSR count). The second kappa shape index (κ2) is 9.26. The summed E-state index contributed by atoms with van der Waals surface area (Å²) in [5, 5.41) is 3.48. The summed E-state index contributed by atoms with van der Waals surface area (Å²) in [5.74, 6) is 1.00. The first-order chi connectivity index (χ1) is 15.7. The molecule has 0 amide bonds. The average molecular weight is 476 g/mol. The van der Waals surface area contributed by atoms with Gasteiger partial charge in [-0.25, -0.2) is 9.79 Å². The molecule has 0 aliphatic carbocycles. The van der Waals surface area contributed by atoms with Crippen molar-refractivity contribution in [1.29, 1.82) is 0 Å². The van der Waals surface area contributed by atoms with E-state index in [-0.39, 0.29) is 29.1 Å². The second-order valence-electron chi connectivity index (χ2n) is 8.68. The van der Waals surface area contributed by atoms with E-state index in [0.29, 0.717) is 29.5 Å². The molecule has 0 saturated carbocycles. The molecule has 1 N–H and O–H groups in total. The fraction of sp³-hybridized carbons (Fsp3) is 0.522. The Morgan fingerprint density at radius 1 is 1.36 bits per heavy atom. The molecular weight excluding hydrogens is 446 g/mol. The maximum absolute atomic E-state index is 13.2. The minimum absolute atomic E-state index is 0.0749. The molecular formula is C23H29N3O6S. The van der Waals surface area contributed by atoms with Gasteiger partial charge < -0.3 is 18.9 Å². The number of nitrogens with zero attached hydrogens (tertiary/aromatic N) is 2. The van der Waals surface area contributed by atoms with Crippen LogP contribution in [0.1, 0.15) is 56.0 Å². The number of nitrogens with one attached hydrogen (secondary N) is 1. The van der Waals surface area contributed by atoms with Gasteiger partial charge in [0.05, 0.1) is 41.7 Å². The number of para-hydroxylation sites is 1. The number of aliphatic imine (C=N–C) groups is 1. The summed E-state index contributed by atoms with van der Waals surface area (Å²) >= 11 is 1.47. The van der Waals surface area contributed by atoms with Crippen molar-refractivity contribution in [2.24, 2.45) is 4.99 Å². The normalized spacial score (nSPS) is 21.7. The van der Waals surface area contributed by atoms with E-state index < -0.39 is 5.97 Å². The Labute approximate surface area is 196 Å². The maximum atomic E-state index is 13.2. The number of hydrogen-bond donors (Lipinski definition) is 1. The van der Waals surface area contributed by atoms with Crippen molar-refractivity contribution in [1.82, 2.24) is 9.78 Å². The standard InChI is InChI=1S/C23H29N3O6S/c1-13-24-21-18(22(28)25-26(21)14-9-10-32-23(2,3)11-14)20(33-13)15-7-6-8-16(29-4)19(15)31-12-17(27)30-5/h6-8,14,20H,9-12H2,1-5H3,(H,25,28)/t14-,20+/m0/s1. The van der Waals surface area contributed by atoms with Gasteiger partial charge in [-0.05, 0) is 39.7 Å². The Kier molecular flexibility index (Phi) is 6.58. The first-order valence-electron chi connectivity index (χ1n) is 10.8. The SMILES string of the molecule is COC(=O)COc1c(OC)cccc1[C@H]1SC(C)=Nc2c1c(=O)[nH]n2[C@H]1CCOC(C)(C)C1. The van der Waals surface area contributed by atoms with Crippen LogP contribution in [0, 0.1) is 0 Å². The van der Waals surface area contributed by atoms with Crippen LogP contribution in [0.3, 0.4) is 0 Å². The quantitative estimate of drug-likeness (QED) is 0.635. The monoisotopic (exact) mass is 475 g/mol.